The number of piperidine rings is 1. The van der Waals surface area contributed by atoms with Gasteiger partial charge in [-0.3, -0.25) is 18.9 Å². The SMILES string of the molecule is CN1CCC2CN(Cc3cc(=O)n4cc(Cl)ccc4n3)CC2C1=O. The molecule has 24 heavy (non-hydrogen) atoms. The van der Waals surface area contributed by atoms with Gasteiger partial charge in [-0.1, -0.05) is 11.6 Å². The molecule has 0 aliphatic carbocycles. The van der Waals surface area contributed by atoms with Crippen molar-refractivity contribution in [2.24, 2.45) is 11.8 Å². The number of amides is 1. The van der Waals surface area contributed by atoms with Crippen LogP contribution in [0.4, 0.5) is 0 Å². The van der Waals surface area contributed by atoms with Crippen molar-refractivity contribution in [3.8, 4) is 0 Å². The van der Waals surface area contributed by atoms with Gasteiger partial charge in [-0.2, -0.15) is 0 Å². The average molecular weight is 347 g/mol. The number of rotatable bonds is 2. The number of carbonyl (C=O) groups is 1. The first-order valence-electron chi connectivity index (χ1n) is 8.16. The van der Waals surface area contributed by atoms with Gasteiger partial charge in [0.15, 0.2) is 0 Å². The number of hydrogen-bond donors (Lipinski definition) is 0. The Balaban J connectivity index is 1.56. The third-order valence-electron chi connectivity index (χ3n) is 5.11. The average Bonchev–Trinajstić information content (AvgIpc) is 2.95. The molecule has 2 fully saturated rings. The summed E-state index contributed by atoms with van der Waals surface area (Å²) < 4.78 is 1.45. The highest BCUT2D eigenvalue weighted by molar-refractivity contribution is 6.30. The number of carbonyl (C=O) groups excluding carboxylic acids is 1. The molecule has 126 valence electrons. The summed E-state index contributed by atoms with van der Waals surface area (Å²) in [6, 6.07) is 5.03. The first kappa shape index (κ1) is 15.6. The standard InChI is InChI=1S/C17H19ClN4O2/c1-20-5-4-11-7-21(10-14(11)17(20)24)9-13-6-16(23)22-8-12(18)2-3-15(22)19-13/h2-3,6,8,11,14H,4-5,7,9-10H2,1H3. The van der Waals surface area contributed by atoms with Crippen molar-refractivity contribution in [1.82, 2.24) is 19.2 Å². The predicted molar refractivity (Wildman–Crippen MR) is 91.0 cm³/mol. The summed E-state index contributed by atoms with van der Waals surface area (Å²) in [7, 11) is 1.87. The number of fused-ring (bicyclic) bond motifs is 2. The van der Waals surface area contributed by atoms with E-state index in [4.69, 9.17) is 11.6 Å². The van der Waals surface area contributed by atoms with Crippen molar-refractivity contribution in [3.05, 3.63) is 45.5 Å². The van der Waals surface area contributed by atoms with E-state index in [1.165, 1.54) is 4.40 Å². The number of likely N-dealkylation sites (tertiary alicyclic amines) is 2. The largest absolute Gasteiger partial charge is 0.345 e. The quantitative estimate of drug-likeness (QED) is 0.821. The number of halogens is 1. The van der Waals surface area contributed by atoms with Crippen LogP contribution in [0.3, 0.4) is 0 Å². The summed E-state index contributed by atoms with van der Waals surface area (Å²) in [5, 5.41) is 0.505. The molecule has 2 aromatic rings. The van der Waals surface area contributed by atoms with Crippen LogP contribution in [-0.2, 0) is 11.3 Å². The lowest BCUT2D eigenvalue weighted by Crippen LogP contribution is -2.42. The minimum Gasteiger partial charge on any atom is -0.345 e. The molecule has 0 N–H and O–H groups in total. The number of aromatic nitrogens is 2. The van der Waals surface area contributed by atoms with Crippen LogP contribution in [0.15, 0.2) is 29.2 Å². The van der Waals surface area contributed by atoms with Crippen molar-refractivity contribution < 1.29 is 4.79 Å². The van der Waals surface area contributed by atoms with Gasteiger partial charge in [-0.05, 0) is 24.5 Å². The molecule has 2 aliphatic heterocycles. The zero-order valence-electron chi connectivity index (χ0n) is 13.5. The zero-order chi connectivity index (χ0) is 16.8. The van der Waals surface area contributed by atoms with Gasteiger partial charge in [0.2, 0.25) is 5.91 Å². The second kappa shape index (κ2) is 5.86. The van der Waals surface area contributed by atoms with Crippen LogP contribution in [0.5, 0.6) is 0 Å². The molecule has 2 unspecified atom stereocenters. The van der Waals surface area contributed by atoms with Gasteiger partial charge >= 0.3 is 0 Å². The molecule has 4 rings (SSSR count). The van der Waals surface area contributed by atoms with Gasteiger partial charge in [0.1, 0.15) is 5.65 Å². The van der Waals surface area contributed by atoms with Gasteiger partial charge in [0.25, 0.3) is 5.56 Å². The number of pyridine rings is 1. The van der Waals surface area contributed by atoms with E-state index in [2.05, 4.69) is 9.88 Å². The minimum atomic E-state index is -0.134. The van der Waals surface area contributed by atoms with Crippen molar-refractivity contribution >= 4 is 23.2 Å². The predicted octanol–water partition coefficient (Wildman–Crippen LogP) is 1.26. The number of hydrogen-bond acceptors (Lipinski definition) is 4. The summed E-state index contributed by atoms with van der Waals surface area (Å²) in [6.07, 6.45) is 2.63. The van der Waals surface area contributed by atoms with Crippen LogP contribution in [0, 0.1) is 11.8 Å². The van der Waals surface area contributed by atoms with Gasteiger partial charge in [0.05, 0.1) is 16.6 Å². The molecule has 0 aromatic carbocycles. The molecule has 2 saturated heterocycles. The van der Waals surface area contributed by atoms with E-state index < -0.39 is 0 Å². The number of nitrogens with zero attached hydrogens (tertiary/aromatic N) is 4. The molecule has 2 aliphatic rings. The van der Waals surface area contributed by atoms with E-state index in [0.29, 0.717) is 23.1 Å². The summed E-state index contributed by atoms with van der Waals surface area (Å²) in [5.74, 6) is 0.758. The van der Waals surface area contributed by atoms with Crippen molar-refractivity contribution in [2.45, 2.75) is 13.0 Å². The van der Waals surface area contributed by atoms with E-state index in [9.17, 15) is 9.59 Å². The fourth-order valence-electron chi connectivity index (χ4n) is 3.85. The molecule has 0 spiro atoms. The lowest BCUT2D eigenvalue weighted by molar-refractivity contribution is -0.137. The van der Waals surface area contributed by atoms with Gasteiger partial charge < -0.3 is 4.90 Å². The van der Waals surface area contributed by atoms with E-state index in [1.807, 2.05) is 11.9 Å². The summed E-state index contributed by atoms with van der Waals surface area (Å²) in [5.41, 5.74) is 1.20. The fourth-order valence-corrected chi connectivity index (χ4v) is 4.01. The Kier molecular flexibility index (Phi) is 3.81. The minimum absolute atomic E-state index is 0.0871. The van der Waals surface area contributed by atoms with Gasteiger partial charge in [-0.25, -0.2) is 4.98 Å². The van der Waals surface area contributed by atoms with Crippen LogP contribution >= 0.6 is 11.6 Å². The van der Waals surface area contributed by atoms with Crippen LogP contribution in [0.2, 0.25) is 5.02 Å². The first-order chi connectivity index (χ1) is 11.5. The molecule has 6 nitrogen and oxygen atoms in total. The second-order valence-electron chi connectivity index (χ2n) is 6.77. The highest BCUT2D eigenvalue weighted by Crippen LogP contribution is 2.32. The first-order valence-corrected chi connectivity index (χ1v) is 8.54. The summed E-state index contributed by atoms with van der Waals surface area (Å²) >= 11 is 5.93. The molecule has 0 bridgehead atoms. The molecular formula is C17H19ClN4O2. The molecular weight excluding hydrogens is 328 g/mol. The van der Waals surface area contributed by atoms with Crippen molar-refractivity contribution in [3.63, 3.8) is 0 Å². The Labute approximate surface area is 144 Å². The maximum absolute atomic E-state index is 12.3. The van der Waals surface area contributed by atoms with E-state index >= 15 is 0 Å². The van der Waals surface area contributed by atoms with Crippen LogP contribution in [0.25, 0.3) is 5.65 Å². The maximum atomic E-state index is 12.3. The van der Waals surface area contributed by atoms with Crippen LogP contribution in [0.1, 0.15) is 12.1 Å². The lowest BCUT2D eigenvalue weighted by Gasteiger charge is -2.30. The van der Waals surface area contributed by atoms with E-state index in [0.717, 1.165) is 31.7 Å². The fraction of sp³-hybridized carbons (Fsp3) is 0.471. The Bertz CT molecular complexity index is 865. The Morgan fingerprint density at radius 3 is 2.96 bits per heavy atom. The van der Waals surface area contributed by atoms with Crippen molar-refractivity contribution in [2.75, 3.05) is 26.7 Å². The molecule has 1 amide bonds. The van der Waals surface area contributed by atoms with Gasteiger partial charge in [0, 0.05) is 45.5 Å². The zero-order valence-corrected chi connectivity index (χ0v) is 14.2. The van der Waals surface area contributed by atoms with Crippen LogP contribution < -0.4 is 5.56 Å². The highest BCUT2D eigenvalue weighted by atomic mass is 35.5. The van der Waals surface area contributed by atoms with Gasteiger partial charge in [-0.15, -0.1) is 0 Å². The summed E-state index contributed by atoms with van der Waals surface area (Å²) in [4.78, 5) is 33.2. The molecule has 7 heteroatoms. The molecule has 4 heterocycles. The van der Waals surface area contributed by atoms with E-state index in [1.54, 1.807) is 24.4 Å². The Morgan fingerprint density at radius 1 is 1.29 bits per heavy atom. The highest BCUT2D eigenvalue weighted by Gasteiger charge is 2.41. The smallest absolute Gasteiger partial charge is 0.258 e. The third kappa shape index (κ3) is 2.70. The molecule has 0 saturated carbocycles. The second-order valence-corrected chi connectivity index (χ2v) is 7.21. The topological polar surface area (TPSA) is 57.9 Å². The normalized spacial score (nSPS) is 24.6. The van der Waals surface area contributed by atoms with E-state index in [-0.39, 0.29) is 17.4 Å². The summed E-state index contributed by atoms with van der Waals surface area (Å²) in [6.45, 7) is 3.07. The molecule has 2 aromatic heterocycles. The molecule has 0 radical (unpaired) electrons. The Hall–Kier alpha value is -1.92. The van der Waals surface area contributed by atoms with Crippen molar-refractivity contribution in [1.29, 1.82) is 0 Å². The Morgan fingerprint density at radius 2 is 2.12 bits per heavy atom. The monoisotopic (exact) mass is 346 g/mol. The third-order valence-corrected chi connectivity index (χ3v) is 5.33. The van der Waals surface area contributed by atoms with Crippen LogP contribution in [-0.4, -0.2) is 51.8 Å². The maximum Gasteiger partial charge on any atom is 0.258 e. The molecule has 2 atom stereocenters. The lowest BCUT2D eigenvalue weighted by atomic mass is 9.88.